The summed E-state index contributed by atoms with van der Waals surface area (Å²) in [5.74, 6) is -0.104. The molecule has 2 N–H and O–H groups in total. The molecule has 2 rings (SSSR count). The molecule has 0 heterocycles. The van der Waals surface area contributed by atoms with Crippen LogP contribution in [-0.4, -0.2) is 5.78 Å². The Bertz CT molecular complexity index is 583. The largest absolute Gasteiger partial charge is 0.398 e. The van der Waals surface area contributed by atoms with Crippen LogP contribution in [-0.2, 0) is 0 Å². The first-order valence-electron chi connectivity index (χ1n) is 4.96. The van der Waals surface area contributed by atoms with Crippen molar-refractivity contribution in [2.45, 2.75) is 4.90 Å². The van der Waals surface area contributed by atoms with E-state index in [9.17, 15) is 4.79 Å². The standard InChI is InChI=1S/C13H10ClNOS/c14-10-3-1-2-8(6-10)13(16)9-4-5-12(17)11(15)7-9/h1-7,17H,15H2. The molecular formula is C13H10ClNOS. The van der Waals surface area contributed by atoms with Gasteiger partial charge in [0.1, 0.15) is 0 Å². The molecule has 0 unspecified atom stereocenters. The van der Waals surface area contributed by atoms with Gasteiger partial charge in [0.15, 0.2) is 5.78 Å². The highest BCUT2D eigenvalue weighted by molar-refractivity contribution is 7.80. The van der Waals surface area contributed by atoms with Crippen molar-refractivity contribution in [2.75, 3.05) is 5.73 Å². The second kappa shape index (κ2) is 4.82. The van der Waals surface area contributed by atoms with E-state index in [-0.39, 0.29) is 5.78 Å². The zero-order valence-electron chi connectivity index (χ0n) is 8.85. The highest BCUT2D eigenvalue weighted by Crippen LogP contribution is 2.21. The molecule has 0 aromatic heterocycles. The maximum Gasteiger partial charge on any atom is 0.193 e. The van der Waals surface area contributed by atoms with Crippen molar-refractivity contribution < 1.29 is 4.79 Å². The second-order valence-corrected chi connectivity index (χ2v) is 4.53. The Balaban J connectivity index is 2.40. The molecule has 86 valence electrons. The number of hydrogen-bond acceptors (Lipinski definition) is 3. The number of hydrogen-bond donors (Lipinski definition) is 2. The Morgan fingerprint density at radius 2 is 1.82 bits per heavy atom. The average molecular weight is 264 g/mol. The van der Waals surface area contributed by atoms with E-state index in [2.05, 4.69) is 12.6 Å². The molecule has 0 spiro atoms. The molecule has 0 aliphatic rings. The first-order valence-corrected chi connectivity index (χ1v) is 5.79. The fourth-order valence-electron chi connectivity index (χ4n) is 1.49. The predicted molar refractivity (Wildman–Crippen MR) is 73.0 cm³/mol. The number of nitrogens with two attached hydrogens (primary N) is 1. The highest BCUT2D eigenvalue weighted by Gasteiger charge is 2.10. The van der Waals surface area contributed by atoms with Crippen LogP contribution in [0.2, 0.25) is 5.02 Å². The average Bonchev–Trinajstić information content (AvgIpc) is 2.32. The Morgan fingerprint density at radius 3 is 2.47 bits per heavy atom. The first-order chi connectivity index (χ1) is 8.08. The lowest BCUT2D eigenvalue weighted by Crippen LogP contribution is -2.02. The van der Waals surface area contributed by atoms with Crippen LogP contribution < -0.4 is 5.73 Å². The summed E-state index contributed by atoms with van der Waals surface area (Å²) in [7, 11) is 0. The molecule has 0 aliphatic carbocycles. The maximum atomic E-state index is 12.1. The van der Waals surface area contributed by atoms with Gasteiger partial charge in [-0.3, -0.25) is 4.79 Å². The summed E-state index contributed by atoms with van der Waals surface area (Å²) in [6.07, 6.45) is 0. The Labute approximate surface area is 110 Å². The minimum absolute atomic E-state index is 0.104. The quantitative estimate of drug-likeness (QED) is 0.495. The van der Waals surface area contributed by atoms with E-state index in [0.717, 1.165) is 0 Å². The normalized spacial score (nSPS) is 10.2. The fraction of sp³-hybridized carbons (Fsp3) is 0. The van der Waals surface area contributed by atoms with Gasteiger partial charge in [-0.15, -0.1) is 12.6 Å². The smallest absolute Gasteiger partial charge is 0.193 e. The minimum atomic E-state index is -0.104. The zero-order valence-corrected chi connectivity index (χ0v) is 10.5. The highest BCUT2D eigenvalue weighted by atomic mass is 35.5. The van der Waals surface area contributed by atoms with Gasteiger partial charge in [0.2, 0.25) is 0 Å². The number of carbonyl (C=O) groups excluding carboxylic acids is 1. The van der Waals surface area contributed by atoms with Gasteiger partial charge in [0, 0.05) is 26.7 Å². The third-order valence-corrected chi connectivity index (χ3v) is 3.02. The monoisotopic (exact) mass is 263 g/mol. The van der Waals surface area contributed by atoms with Crippen LogP contribution in [0.3, 0.4) is 0 Å². The van der Waals surface area contributed by atoms with Gasteiger partial charge in [0.05, 0.1) is 0 Å². The number of ketones is 1. The van der Waals surface area contributed by atoms with E-state index >= 15 is 0 Å². The minimum Gasteiger partial charge on any atom is -0.398 e. The van der Waals surface area contributed by atoms with Crippen LogP contribution in [0.25, 0.3) is 0 Å². The molecule has 0 saturated carbocycles. The Morgan fingerprint density at radius 1 is 1.12 bits per heavy atom. The number of benzene rings is 2. The van der Waals surface area contributed by atoms with Gasteiger partial charge in [-0.2, -0.15) is 0 Å². The van der Waals surface area contributed by atoms with Gasteiger partial charge in [-0.1, -0.05) is 23.7 Å². The number of nitrogen functional groups attached to an aromatic ring is 1. The van der Waals surface area contributed by atoms with Crippen LogP contribution in [0.5, 0.6) is 0 Å². The zero-order chi connectivity index (χ0) is 12.4. The topological polar surface area (TPSA) is 43.1 Å². The summed E-state index contributed by atoms with van der Waals surface area (Å²) in [5.41, 5.74) is 7.27. The molecule has 0 fully saturated rings. The van der Waals surface area contributed by atoms with E-state index in [4.69, 9.17) is 17.3 Å². The van der Waals surface area contributed by atoms with Gasteiger partial charge in [0.25, 0.3) is 0 Å². The number of thiol groups is 1. The third-order valence-electron chi connectivity index (χ3n) is 2.38. The van der Waals surface area contributed by atoms with Crippen molar-refractivity contribution in [3.8, 4) is 0 Å². The lowest BCUT2D eigenvalue weighted by Gasteiger charge is -2.04. The molecule has 2 aromatic rings. The van der Waals surface area contributed by atoms with Gasteiger partial charge < -0.3 is 5.73 Å². The summed E-state index contributed by atoms with van der Waals surface area (Å²) >= 11 is 10.0. The first kappa shape index (κ1) is 12.0. The lowest BCUT2D eigenvalue weighted by atomic mass is 10.0. The van der Waals surface area contributed by atoms with Crippen LogP contribution in [0.15, 0.2) is 47.4 Å². The van der Waals surface area contributed by atoms with E-state index in [0.29, 0.717) is 26.7 Å². The van der Waals surface area contributed by atoms with Gasteiger partial charge >= 0.3 is 0 Å². The van der Waals surface area contributed by atoms with Gasteiger partial charge in [-0.25, -0.2) is 0 Å². The van der Waals surface area contributed by atoms with Crippen molar-refractivity contribution in [3.05, 3.63) is 58.6 Å². The fourth-order valence-corrected chi connectivity index (χ4v) is 1.82. The van der Waals surface area contributed by atoms with Crippen molar-refractivity contribution in [1.82, 2.24) is 0 Å². The molecule has 0 radical (unpaired) electrons. The van der Waals surface area contributed by atoms with Crippen molar-refractivity contribution >= 4 is 35.7 Å². The molecule has 0 saturated heterocycles. The van der Waals surface area contributed by atoms with Crippen LogP contribution in [0.1, 0.15) is 15.9 Å². The lowest BCUT2D eigenvalue weighted by molar-refractivity contribution is 0.103. The predicted octanol–water partition coefficient (Wildman–Crippen LogP) is 3.44. The molecule has 0 amide bonds. The van der Waals surface area contributed by atoms with Crippen LogP contribution in [0.4, 0.5) is 5.69 Å². The van der Waals surface area contributed by atoms with E-state index in [1.807, 2.05) is 0 Å². The molecule has 17 heavy (non-hydrogen) atoms. The van der Waals surface area contributed by atoms with Crippen molar-refractivity contribution in [1.29, 1.82) is 0 Å². The van der Waals surface area contributed by atoms with Crippen molar-refractivity contribution in [2.24, 2.45) is 0 Å². The second-order valence-electron chi connectivity index (χ2n) is 3.61. The molecule has 0 bridgehead atoms. The van der Waals surface area contributed by atoms with E-state index in [1.54, 1.807) is 42.5 Å². The summed E-state index contributed by atoms with van der Waals surface area (Å²) in [6, 6.07) is 11.8. The molecule has 4 heteroatoms. The number of halogens is 1. The van der Waals surface area contributed by atoms with Crippen LogP contribution >= 0.6 is 24.2 Å². The van der Waals surface area contributed by atoms with Crippen LogP contribution in [0, 0.1) is 0 Å². The summed E-state index contributed by atoms with van der Waals surface area (Å²) < 4.78 is 0. The maximum absolute atomic E-state index is 12.1. The summed E-state index contributed by atoms with van der Waals surface area (Å²) in [4.78, 5) is 12.8. The number of rotatable bonds is 2. The molecule has 2 nitrogen and oxygen atoms in total. The number of anilines is 1. The Kier molecular flexibility index (Phi) is 3.41. The summed E-state index contributed by atoms with van der Waals surface area (Å²) in [5, 5.41) is 0.537. The molecule has 2 aromatic carbocycles. The van der Waals surface area contributed by atoms with E-state index < -0.39 is 0 Å². The van der Waals surface area contributed by atoms with E-state index in [1.165, 1.54) is 0 Å². The number of carbonyl (C=O) groups is 1. The summed E-state index contributed by atoms with van der Waals surface area (Å²) in [6.45, 7) is 0. The third kappa shape index (κ3) is 2.62. The van der Waals surface area contributed by atoms with Gasteiger partial charge in [-0.05, 0) is 30.3 Å². The Hall–Kier alpha value is -1.45. The SMILES string of the molecule is Nc1cc(C(=O)c2cccc(Cl)c2)ccc1S. The molecule has 0 aliphatic heterocycles. The van der Waals surface area contributed by atoms with Crippen molar-refractivity contribution in [3.63, 3.8) is 0 Å². The molecular weight excluding hydrogens is 254 g/mol. The molecule has 0 atom stereocenters.